The fraction of sp³-hybridized carbons (Fsp3) is 0.143. The van der Waals surface area contributed by atoms with Crippen LogP contribution in [-0.2, 0) is 5.41 Å². The monoisotopic (exact) mass is 457 g/mol. The first-order chi connectivity index (χ1) is 16.8. The van der Waals surface area contributed by atoms with E-state index >= 15 is 0 Å². The summed E-state index contributed by atoms with van der Waals surface area (Å²) < 4.78 is 0. The lowest BCUT2D eigenvalue weighted by atomic mass is 9.90. The Morgan fingerprint density at radius 1 is 0.971 bits per heavy atom. The minimum absolute atomic E-state index is 0.460. The zero-order chi connectivity index (χ0) is 25.0. The summed E-state index contributed by atoms with van der Waals surface area (Å²) >= 11 is 0. The van der Waals surface area contributed by atoms with E-state index in [2.05, 4.69) is 44.0 Å². The molecule has 0 atom stereocenters. The average molecular weight is 458 g/mol. The summed E-state index contributed by atoms with van der Waals surface area (Å²) in [5.74, 6) is 0. The quantitative estimate of drug-likeness (QED) is 0.397. The minimum atomic E-state index is -0.706. The van der Waals surface area contributed by atoms with Crippen LogP contribution in [0.4, 0.5) is 5.69 Å². The summed E-state index contributed by atoms with van der Waals surface area (Å²) in [7, 11) is 0. The van der Waals surface area contributed by atoms with Crippen LogP contribution >= 0.6 is 0 Å². The second-order valence-electron chi connectivity index (χ2n) is 8.60. The number of anilines is 1. The Kier molecular flexibility index (Phi) is 6.35. The average Bonchev–Trinajstić information content (AvgIpc) is 2.90. The van der Waals surface area contributed by atoms with Crippen molar-refractivity contribution in [2.24, 2.45) is 0 Å². The highest BCUT2D eigenvalue weighted by Crippen LogP contribution is 2.30. The number of hydrogen-bond donors (Lipinski definition) is 1. The van der Waals surface area contributed by atoms with Crippen LogP contribution in [0.3, 0.4) is 0 Å². The molecule has 0 aliphatic rings. The van der Waals surface area contributed by atoms with Crippen molar-refractivity contribution in [2.75, 3.05) is 5.32 Å². The fourth-order valence-corrected chi connectivity index (χ4v) is 3.59. The lowest BCUT2D eigenvalue weighted by molar-refractivity contribution is 0.659. The maximum Gasteiger partial charge on any atom is 0.101 e. The van der Waals surface area contributed by atoms with Crippen LogP contribution in [0.1, 0.15) is 36.4 Å². The summed E-state index contributed by atoms with van der Waals surface area (Å²) in [5.41, 5.74) is 6.47. The van der Waals surface area contributed by atoms with Crippen molar-refractivity contribution in [2.45, 2.75) is 26.2 Å². The number of nitriles is 2. The molecule has 0 aliphatic carbocycles. The maximum absolute atomic E-state index is 9.74. The molecule has 35 heavy (non-hydrogen) atoms. The Hall–Kier alpha value is -4.88. The Bertz CT molecular complexity index is 1490. The molecule has 0 amide bonds. The molecule has 4 aromatic rings. The van der Waals surface area contributed by atoms with Gasteiger partial charge in [-0.25, -0.2) is 0 Å². The van der Waals surface area contributed by atoms with E-state index in [0.717, 1.165) is 33.6 Å². The molecule has 0 unspecified atom stereocenters. The first-order valence-electron chi connectivity index (χ1n) is 10.9. The Balaban J connectivity index is 1.64. The lowest BCUT2D eigenvalue weighted by Crippen LogP contribution is -2.16. The maximum atomic E-state index is 9.74. The summed E-state index contributed by atoms with van der Waals surface area (Å²) in [6.45, 7) is 9.72. The zero-order valence-electron chi connectivity index (χ0n) is 19.7. The molecule has 4 rings (SSSR count). The number of pyridine rings is 4. The van der Waals surface area contributed by atoms with Gasteiger partial charge in [0.25, 0.3) is 0 Å². The largest absolute Gasteiger partial charge is 0.354 e. The number of hydrogen-bond acceptors (Lipinski definition) is 7. The Labute approximate surface area is 204 Å². The number of nitrogens with zero attached hydrogens (tertiary/aromatic N) is 6. The van der Waals surface area contributed by atoms with Crippen LogP contribution in [0.15, 0.2) is 74.0 Å². The lowest BCUT2D eigenvalue weighted by Gasteiger charge is -2.17. The summed E-state index contributed by atoms with van der Waals surface area (Å²) in [6, 6.07) is 15.7. The van der Waals surface area contributed by atoms with E-state index in [1.54, 1.807) is 31.0 Å². The third kappa shape index (κ3) is 4.90. The van der Waals surface area contributed by atoms with Crippen molar-refractivity contribution in [3.63, 3.8) is 0 Å². The molecular formula is C28H23N7. The molecule has 0 saturated carbocycles. The number of aryl methyl sites for hydroxylation is 1. The molecule has 7 heteroatoms. The van der Waals surface area contributed by atoms with E-state index in [1.165, 1.54) is 0 Å². The van der Waals surface area contributed by atoms with Crippen molar-refractivity contribution in [3.05, 3.63) is 96.5 Å². The second-order valence-corrected chi connectivity index (χ2v) is 8.60. The van der Waals surface area contributed by atoms with E-state index in [4.69, 9.17) is 0 Å². The SMILES string of the molecule is C=C(Nc1cnc(C)c(-c2cnc(-c3cccnc3)c(C#N)c2)c1)c1ccnc(C(C)(C)C#N)c1. The highest BCUT2D eigenvalue weighted by Gasteiger charge is 2.22. The third-order valence-corrected chi connectivity index (χ3v) is 5.66. The van der Waals surface area contributed by atoms with Crippen LogP contribution < -0.4 is 5.32 Å². The first kappa shape index (κ1) is 23.3. The molecule has 0 spiro atoms. The standard InChI is InChI=1S/C28H23N7/c1-18(20-7-9-32-26(11-20)28(3,4)17-30)35-24-12-25(19(2)33-16-24)23-10-22(13-29)27(34-15-23)21-6-5-8-31-14-21/h5-12,14-16,35H,1H2,2-4H3. The van der Waals surface area contributed by atoms with Gasteiger partial charge in [-0.2, -0.15) is 10.5 Å². The first-order valence-corrected chi connectivity index (χ1v) is 10.9. The van der Waals surface area contributed by atoms with Gasteiger partial charge in [-0.15, -0.1) is 0 Å². The second kappa shape index (κ2) is 9.54. The highest BCUT2D eigenvalue weighted by molar-refractivity contribution is 5.79. The molecular weight excluding hydrogens is 434 g/mol. The minimum Gasteiger partial charge on any atom is -0.354 e. The van der Waals surface area contributed by atoms with Gasteiger partial charge in [0.05, 0.1) is 40.3 Å². The van der Waals surface area contributed by atoms with Crippen molar-refractivity contribution in [3.8, 4) is 34.5 Å². The van der Waals surface area contributed by atoms with Crippen molar-refractivity contribution in [1.29, 1.82) is 10.5 Å². The molecule has 0 fully saturated rings. The predicted molar refractivity (Wildman–Crippen MR) is 136 cm³/mol. The van der Waals surface area contributed by atoms with E-state index < -0.39 is 5.41 Å². The molecule has 1 N–H and O–H groups in total. The van der Waals surface area contributed by atoms with Gasteiger partial charge in [0, 0.05) is 58.4 Å². The van der Waals surface area contributed by atoms with Crippen LogP contribution in [0.2, 0.25) is 0 Å². The van der Waals surface area contributed by atoms with Gasteiger partial charge in [0.1, 0.15) is 6.07 Å². The highest BCUT2D eigenvalue weighted by atomic mass is 14.9. The van der Waals surface area contributed by atoms with Crippen molar-refractivity contribution >= 4 is 11.4 Å². The molecule has 4 aromatic heterocycles. The number of rotatable bonds is 6. The van der Waals surface area contributed by atoms with Crippen molar-refractivity contribution < 1.29 is 0 Å². The number of aromatic nitrogens is 4. The van der Waals surface area contributed by atoms with E-state index in [1.807, 2.05) is 57.2 Å². The van der Waals surface area contributed by atoms with Crippen molar-refractivity contribution in [1.82, 2.24) is 19.9 Å². The molecule has 4 heterocycles. The topological polar surface area (TPSA) is 111 Å². The molecule has 0 aliphatic heterocycles. The number of nitrogens with one attached hydrogen (secondary N) is 1. The van der Waals surface area contributed by atoms with Crippen LogP contribution in [0, 0.1) is 29.6 Å². The van der Waals surface area contributed by atoms with Crippen LogP contribution in [-0.4, -0.2) is 19.9 Å². The fourth-order valence-electron chi connectivity index (χ4n) is 3.59. The third-order valence-electron chi connectivity index (χ3n) is 5.66. The molecule has 0 saturated heterocycles. The predicted octanol–water partition coefficient (Wildman–Crippen LogP) is 5.66. The van der Waals surface area contributed by atoms with E-state index in [0.29, 0.717) is 22.6 Å². The molecule has 0 bridgehead atoms. The molecule has 0 aromatic carbocycles. The molecule has 7 nitrogen and oxygen atoms in total. The Morgan fingerprint density at radius 2 is 1.80 bits per heavy atom. The van der Waals surface area contributed by atoms with E-state index in [9.17, 15) is 10.5 Å². The van der Waals surface area contributed by atoms with Gasteiger partial charge < -0.3 is 5.32 Å². The summed E-state index contributed by atoms with van der Waals surface area (Å²) in [5, 5.41) is 22.5. The van der Waals surface area contributed by atoms with Gasteiger partial charge in [0.15, 0.2) is 0 Å². The van der Waals surface area contributed by atoms with Crippen LogP contribution in [0.5, 0.6) is 0 Å². The van der Waals surface area contributed by atoms with Gasteiger partial charge in [0.2, 0.25) is 0 Å². The molecule has 170 valence electrons. The smallest absolute Gasteiger partial charge is 0.101 e. The van der Waals surface area contributed by atoms with Crippen LogP contribution in [0.25, 0.3) is 28.1 Å². The van der Waals surface area contributed by atoms with Gasteiger partial charge in [-0.05, 0) is 57.2 Å². The molecule has 0 radical (unpaired) electrons. The van der Waals surface area contributed by atoms with Gasteiger partial charge in [-0.1, -0.05) is 6.58 Å². The summed E-state index contributed by atoms with van der Waals surface area (Å²) in [4.78, 5) is 17.5. The Morgan fingerprint density at radius 3 is 2.51 bits per heavy atom. The normalized spacial score (nSPS) is 10.8. The van der Waals surface area contributed by atoms with Gasteiger partial charge in [-0.3, -0.25) is 19.9 Å². The zero-order valence-corrected chi connectivity index (χ0v) is 19.7. The van der Waals surface area contributed by atoms with E-state index in [-0.39, 0.29) is 0 Å². The summed E-state index contributed by atoms with van der Waals surface area (Å²) in [6.07, 6.45) is 8.52. The van der Waals surface area contributed by atoms with Gasteiger partial charge >= 0.3 is 0 Å².